The maximum atomic E-state index is 13.8. The van der Waals surface area contributed by atoms with E-state index in [1.54, 1.807) is 6.92 Å². The summed E-state index contributed by atoms with van der Waals surface area (Å²) in [6.07, 6.45) is 2.03. The molecule has 0 saturated heterocycles. The molecule has 28 heavy (non-hydrogen) atoms. The van der Waals surface area contributed by atoms with Gasteiger partial charge in [-0.1, -0.05) is 18.2 Å². The topological polar surface area (TPSA) is 65.2 Å². The Morgan fingerprint density at radius 1 is 1.21 bits per heavy atom. The van der Waals surface area contributed by atoms with Gasteiger partial charge in [-0.3, -0.25) is 9.59 Å². The summed E-state index contributed by atoms with van der Waals surface area (Å²) in [5.41, 5.74) is 2.12. The molecular formula is C21H19F2N3O2. The van der Waals surface area contributed by atoms with Gasteiger partial charge in [0.1, 0.15) is 6.04 Å². The van der Waals surface area contributed by atoms with E-state index in [1.165, 1.54) is 6.20 Å². The highest BCUT2D eigenvalue weighted by Gasteiger charge is 2.32. The van der Waals surface area contributed by atoms with Gasteiger partial charge < -0.3 is 15.2 Å². The summed E-state index contributed by atoms with van der Waals surface area (Å²) in [5, 5.41) is 3.25. The van der Waals surface area contributed by atoms with Crippen molar-refractivity contribution in [3.05, 3.63) is 75.7 Å². The van der Waals surface area contributed by atoms with Crippen LogP contribution in [0.15, 0.2) is 47.4 Å². The van der Waals surface area contributed by atoms with E-state index in [1.807, 2.05) is 36.2 Å². The number of benzene rings is 2. The average molecular weight is 383 g/mol. The first-order valence-electron chi connectivity index (χ1n) is 8.98. The second-order valence-corrected chi connectivity index (χ2v) is 7.07. The number of aromatic amines is 1. The van der Waals surface area contributed by atoms with E-state index in [0.29, 0.717) is 12.0 Å². The fraction of sp³-hybridized carbons (Fsp3) is 0.238. The van der Waals surface area contributed by atoms with Crippen LogP contribution in [0.4, 0.5) is 14.5 Å². The molecule has 0 fully saturated rings. The van der Waals surface area contributed by atoms with Crippen LogP contribution in [0.2, 0.25) is 0 Å². The number of rotatable bonds is 3. The van der Waals surface area contributed by atoms with E-state index in [2.05, 4.69) is 10.3 Å². The Labute approximate surface area is 160 Å². The van der Waals surface area contributed by atoms with Gasteiger partial charge in [0, 0.05) is 25.4 Å². The van der Waals surface area contributed by atoms with Gasteiger partial charge >= 0.3 is 0 Å². The van der Waals surface area contributed by atoms with Crippen molar-refractivity contribution >= 4 is 22.4 Å². The van der Waals surface area contributed by atoms with E-state index in [0.717, 1.165) is 23.4 Å². The van der Waals surface area contributed by atoms with E-state index in [9.17, 15) is 18.4 Å². The van der Waals surface area contributed by atoms with Crippen molar-refractivity contribution in [2.45, 2.75) is 25.4 Å². The summed E-state index contributed by atoms with van der Waals surface area (Å²) in [5.74, 6) is -2.30. The molecule has 3 aromatic rings. The third-order valence-electron chi connectivity index (χ3n) is 5.36. The number of hydrogen-bond donors (Lipinski definition) is 2. The molecule has 7 heteroatoms. The highest BCUT2D eigenvalue weighted by molar-refractivity contribution is 5.90. The van der Waals surface area contributed by atoms with Crippen LogP contribution >= 0.6 is 0 Å². The zero-order chi connectivity index (χ0) is 20.0. The molecule has 2 N–H and O–H groups in total. The number of pyridine rings is 1. The van der Waals surface area contributed by atoms with Gasteiger partial charge in [-0.2, -0.15) is 0 Å². The fourth-order valence-corrected chi connectivity index (χ4v) is 3.83. The summed E-state index contributed by atoms with van der Waals surface area (Å²) in [4.78, 5) is 29.3. The summed E-state index contributed by atoms with van der Waals surface area (Å²) >= 11 is 0. The quantitative estimate of drug-likeness (QED) is 0.731. The predicted octanol–water partition coefficient (Wildman–Crippen LogP) is 3.04. The molecule has 1 aliphatic rings. The molecule has 0 saturated carbocycles. The molecule has 1 aliphatic heterocycles. The van der Waals surface area contributed by atoms with Gasteiger partial charge in [-0.15, -0.1) is 0 Å². The lowest BCUT2D eigenvalue weighted by Crippen LogP contribution is -2.44. The predicted molar refractivity (Wildman–Crippen MR) is 103 cm³/mol. The molecule has 1 aromatic heterocycles. The Bertz CT molecular complexity index is 1140. The minimum Gasteiger partial charge on any atom is -0.362 e. The highest BCUT2D eigenvalue weighted by atomic mass is 19.2. The Balaban J connectivity index is 1.62. The van der Waals surface area contributed by atoms with Gasteiger partial charge in [0.05, 0.1) is 11.4 Å². The largest absolute Gasteiger partial charge is 0.362 e. The molecule has 0 bridgehead atoms. The molecule has 2 atom stereocenters. The number of aromatic nitrogens is 1. The lowest BCUT2D eigenvalue weighted by Gasteiger charge is -2.24. The van der Waals surface area contributed by atoms with Crippen LogP contribution < -0.4 is 15.8 Å². The highest BCUT2D eigenvalue weighted by Crippen LogP contribution is 2.31. The molecule has 0 unspecified atom stereocenters. The van der Waals surface area contributed by atoms with Crippen LogP contribution in [0.1, 0.15) is 24.1 Å². The van der Waals surface area contributed by atoms with Crippen LogP contribution in [0.25, 0.3) is 10.8 Å². The zero-order valence-corrected chi connectivity index (χ0v) is 15.4. The van der Waals surface area contributed by atoms with Crippen LogP contribution in [0.5, 0.6) is 0 Å². The smallest absolute Gasteiger partial charge is 0.255 e. The monoisotopic (exact) mass is 383 g/mol. The summed E-state index contributed by atoms with van der Waals surface area (Å²) < 4.78 is 27.3. The van der Waals surface area contributed by atoms with E-state index >= 15 is 0 Å². The van der Waals surface area contributed by atoms with Crippen molar-refractivity contribution in [1.29, 1.82) is 0 Å². The van der Waals surface area contributed by atoms with E-state index in [-0.39, 0.29) is 22.7 Å². The summed E-state index contributed by atoms with van der Waals surface area (Å²) in [6.45, 7) is 1.74. The maximum Gasteiger partial charge on any atom is 0.255 e. The number of halogens is 2. The molecule has 2 aromatic carbocycles. The van der Waals surface area contributed by atoms with Crippen molar-refractivity contribution in [2.75, 3.05) is 11.9 Å². The number of hydrogen-bond acceptors (Lipinski definition) is 3. The van der Waals surface area contributed by atoms with E-state index < -0.39 is 23.2 Å². The van der Waals surface area contributed by atoms with Crippen LogP contribution in [0, 0.1) is 11.6 Å². The number of anilines is 1. The number of amides is 1. The Kier molecular flexibility index (Phi) is 4.37. The van der Waals surface area contributed by atoms with Gasteiger partial charge in [0.25, 0.3) is 5.56 Å². The number of fused-ring (bicyclic) bond motifs is 2. The minimum atomic E-state index is -1.09. The number of carbonyl (C=O) groups is 1. The zero-order valence-electron chi connectivity index (χ0n) is 15.4. The van der Waals surface area contributed by atoms with Gasteiger partial charge in [0.15, 0.2) is 11.6 Å². The molecule has 2 heterocycles. The molecule has 144 valence electrons. The summed E-state index contributed by atoms with van der Waals surface area (Å²) in [6, 6.07) is 8.84. The standard InChI is InChI=1S/C21H19F2N3O2/c1-11(15-10-24-20(27)14-9-17(23)16(22)8-13(14)15)25-21(28)19-7-12-5-3-4-6-18(12)26(19)2/h3-6,8-11,19H,7H2,1-2H3,(H,24,27)(H,25,28)/t11-,19+/m0/s1. The number of nitrogens with one attached hydrogen (secondary N) is 2. The molecular weight excluding hydrogens is 364 g/mol. The average Bonchev–Trinajstić information content (AvgIpc) is 3.01. The van der Waals surface area contributed by atoms with Crippen LogP contribution in [0.3, 0.4) is 0 Å². The fourth-order valence-electron chi connectivity index (χ4n) is 3.83. The van der Waals surface area contributed by atoms with Crippen molar-refractivity contribution in [3.8, 4) is 0 Å². The number of para-hydroxylation sites is 1. The molecule has 4 rings (SSSR count). The SMILES string of the molecule is C[C@H](NC(=O)[C@H]1Cc2ccccc2N1C)c1c[nH]c(=O)c2cc(F)c(F)cc12. The van der Waals surface area contributed by atoms with Gasteiger partial charge in [0.2, 0.25) is 5.91 Å². The lowest BCUT2D eigenvalue weighted by atomic mass is 10.0. The second-order valence-electron chi connectivity index (χ2n) is 7.07. The summed E-state index contributed by atoms with van der Waals surface area (Å²) in [7, 11) is 1.87. The third kappa shape index (κ3) is 2.93. The van der Waals surface area contributed by atoms with Crippen molar-refractivity contribution in [2.24, 2.45) is 0 Å². The number of nitrogens with zero attached hydrogens (tertiary/aromatic N) is 1. The van der Waals surface area contributed by atoms with Gasteiger partial charge in [-0.25, -0.2) is 8.78 Å². The maximum absolute atomic E-state index is 13.8. The lowest BCUT2D eigenvalue weighted by molar-refractivity contribution is -0.122. The minimum absolute atomic E-state index is 0.0443. The molecule has 5 nitrogen and oxygen atoms in total. The first kappa shape index (κ1) is 18.2. The van der Waals surface area contributed by atoms with Crippen LogP contribution in [-0.4, -0.2) is 24.0 Å². The third-order valence-corrected chi connectivity index (χ3v) is 5.36. The second kappa shape index (κ2) is 6.74. The number of H-pyrrole nitrogens is 1. The van der Waals surface area contributed by atoms with E-state index in [4.69, 9.17) is 0 Å². The Hall–Kier alpha value is -3.22. The Morgan fingerprint density at radius 3 is 2.61 bits per heavy atom. The molecule has 1 amide bonds. The van der Waals surface area contributed by atoms with Crippen molar-refractivity contribution in [1.82, 2.24) is 10.3 Å². The first-order chi connectivity index (χ1) is 13.4. The number of carbonyl (C=O) groups excluding carboxylic acids is 1. The van der Waals surface area contributed by atoms with Crippen molar-refractivity contribution in [3.63, 3.8) is 0 Å². The van der Waals surface area contributed by atoms with Crippen LogP contribution in [-0.2, 0) is 11.2 Å². The van der Waals surface area contributed by atoms with Crippen molar-refractivity contribution < 1.29 is 13.6 Å². The first-order valence-corrected chi connectivity index (χ1v) is 8.98. The molecule has 0 radical (unpaired) electrons. The Morgan fingerprint density at radius 2 is 1.89 bits per heavy atom. The van der Waals surface area contributed by atoms with Gasteiger partial charge in [-0.05, 0) is 41.6 Å². The normalized spacial score (nSPS) is 16.9. The molecule has 0 aliphatic carbocycles. The number of likely N-dealkylation sites (N-methyl/N-ethyl adjacent to an activating group) is 1. The molecule has 0 spiro atoms.